The van der Waals surface area contributed by atoms with Crippen LogP contribution in [0, 0.1) is 19.8 Å². The molecule has 1 aromatic carbocycles. The zero-order chi connectivity index (χ0) is 18.8. The molecule has 4 nitrogen and oxygen atoms in total. The minimum absolute atomic E-state index is 0.110. The van der Waals surface area contributed by atoms with Crippen LogP contribution < -0.4 is 9.75 Å². The van der Waals surface area contributed by atoms with Crippen LogP contribution in [-0.2, 0) is 4.79 Å². The first-order valence-electron chi connectivity index (χ1n) is 8.53. The fraction of sp³-hybridized carbons (Fsp3) is 0.300. The van der Waals surface area contributed by atoms with E-state index in [2.05, 4.69) is 13.8 Å². The first-order chi connectivity index (χ1) is 12.4. The van der Waals surface area contributed by atoms with E-state index in [1.807, 2.05) is 61.0 Å². The van der Waals surface area contributed by atoms with Gasteiger partial charge in [0.25, 0.3) is 5.91 Å². The standard InChI is InChI=1S/C20H22N2O2S2/c1-13(2)12-24-17-8-6-5-7-16(17)11-18-19(23)22(20(25)26-18)21-14(3)9-10-15(21)4/h5-11,13H,12H2,1-4H3/b18-11+. The maximum atomic E-state index is 13.0. The lowest BCUT2D eigenvalue weighted by atomic mass is 10.1. The van der Waals surface area contributed by atoms with E-state index in [9.17, 15) is 4.79 Å². The van der Waals surface area contributed by atoms with E-state index in [1.165, 1.54) is 11.8 Å². The van der Waals surface area contributed by atoms with Crippen LogP contribution in [0.1, 0.15) is 30.8 Å². The molecule has 0 unspecified atom stereocenters. The molecular formula is C20H22N2O2S2. The van der Waals surface area contributed by atoms with E-state index >= 15 is 0 Å². The van der Waals surface area contributed by atoms with Gasteiger partial charge in [0.15, 0.2) is 4.32 Å². The lowest BCUT2D eigenvalue weighted by Crippen LogP contribution is -2.39. The van der Waals surface area contributed by atoms with Crippen molar-refractivity contribution in [2.75, 3.05) is 11.6 Å². The summed E-state index contributed by atoms with van der Waals surface area (Å²) >= 11 is 6.79. The lowest BCUT2D eigenvalue weighted by molar-refractivity contribution is -0.114. The summed E-state index contributed by atoms with van der Waals surface area (Å²) in [5.74, 6) is 1.10. The molecule has 0 bridgehead atoms. The Kier molecular flexibility index (Phi) is 5.53. The van der Waals surface area contributed by atoms with Crippen molar-refractivity contribution in [3.8, 4) is 5.75 Å². The van der Waals surface area contributed by atoms with Crippen molar-refractivity contribution in [2.45, 2.75) is 27.7 Å². The second-order valence-electron chi connectivity index (χ2n) is 6.66. The summed E-state index contributed by atoms with van der Waals surface area (Å²) in [5.41, 5.74) is 2.83. The van der Waals surface area contributed by atoms with Crippen LogP contribution in [0.15, 0.2) is 41.3 Å². The molecule has 1 aliphatic heterocycles. The molecule has 0 aliphatic carbocycles. The molecule has 1 aromatic heterocycles. The SMILES string of the molecule is Cc1ccc(C)n1N1C(=O)/C(=C\c2ccccc2OCC(C)C)SC1=S. The number of amides is 1. The van der Waals surface area contributed by atoms with E-state index in [0.717, 1.165) is 22.7 Å². The van der Waals surface area contributed by atoms with E-state index in [1.54, 1.807) is 5.01 Å². The number of carbonyl (C=O) groups excluding carboxylic acids is 1. The summed E-state index contributed by atoms with van der Waals surface area (Å²) in [6.45, 7) is 8.77. The van der Waals surface area contributed by atoms with Crippen LogP contribution in [0.25, 0.3) is 6.08 Å². The van der Waals surface area contributed by atoms with Crippen molar-refractivity contribution < 1.29 is 9.53 Å². The van der Waals surface area contributed by atoms with Crippen molar-refractivity contribution >= 4 is 40.3 Å². The number of nitrogens with zero attached hydrogens (tertiary/aromatic N) is 2. The highest BCUT2D eigenvalue weighted by atomic mass is 32.2. The van der Waals surface area contributed by atoms with Gasteiger partial charge in [-0.3, -0.25) is 9.47 Å². The molecule has 1 amide bonds. The maximum absolute atomic E-state index is 13.0. The van der Waals surface area contributed by atoms with Gasteiger partial charge in [-0.1, -0.05) is 43.8 Å². The fourth-order valence-corrected chi connectivity index (χ4v) is 3.97. The predicted octanol–water partition coefficient (Wildman–Crippen LogP) is 4.68. The lowest BCUT2D eigenvalue weighted by Gasteiger charge is -2.20. The Hall–Kier alpha value is -2.05. The number of ether oxygens (including phenoxy) is 1. The average Bonchev–Trinajstić information content (AvgIpc) is 3.05. The van der Waals surface area contributed by atoms with Crippen LogP contribution in [0.2, 0.25) is 0 Å². The fourth-order valence-electron chi connectivity index (χ4n) is 2.74. The van der Waals surface area contributed by atoms with Crippen LogP contribution in [0.4, 0.5) is 0 Å². The minimum Gasteiger partial charge on any atom is -0.493 e. The number of para-hydroxylation sites is 1. The number of thioether (sulfide) groups is 1. The van der Waals surface area contributed by atoms with E-state index < -0.39 is 0 Å². The number of aryl methyl sites for hydroxylation is 2. The number of hydrogen-bond acceptors (Lipinski definition) is 4. The summed E-state index contributed by atoms with van der Waals surface area (Å²) in [7, 11) is 0. The van der Waals surface area contributed by atoms with Crippen molar-refractivity contribution in [1.82, 2.24) is 4.68 Å². The Morgan fingerprint density at radius 2 is 1.81 bits per heavy atom. The van der Waals surface area contributed by atoms with Gasteiger partial charge in [0, 0.05) is 17.0 Å². The highest BCUT2D eigenvalue weighted by Gasteiger charge is 2.34. The molecule has 6 heteroatoms. The Labute approximate surface area is 163 Å². The van der Waals surface area contributed by atoms with Gasteiger partial charge in [0.05, 0.1) is 11.5 Å². The molecule has 0 radical (unpaired) electrons. The first-order valence-corrected chi connectivity index (χ1v) is 9.76. The van der Waals surface area contributed by atoms with Crippen LogP contribution in [0.5, 0.6) is 5.75 Å². The molecule has 0 atom stereocenters. The summed E-state index contributed by atoms with van der Waals surface area (Å²) < 4.78 is 8.28. The highest BCUT2D eigenvalue weighted by Crippen LogP contribution is 2.34. The van der Waals surface area contributed by atoms with Gasteiger partial charge in [-0.25, -0.2) is 0 Å². The Bertz CT molecular complexity index is 864. The predicted molar refractivity (Wildman–Crippen MR) is 112 cm³/mol. The van der Waals surface area contributed by atoms with Gasteiger partial charge >= 0.3 is 0 Å². The molecular weight excluding hydrogens is 364 g/mol. The van der Waals surface area contributed by atoms with Gasteiger partial charge in [-0.2, -0.15) is 5.01 Å². The minimum atomic E-state index is -0.110. The Morgan fingerprint density at radius 3 is 2.46 bits per heavy atom. The Morgan fingerprint density at radius 1 is 1.15 bits per heavy atom. The summed E-state index contributed by atoms with van der Waals surface area (Å²) in [6, 6.07) is 11.7. The molecule has 0 saturated carbocycles. The second-order valence-corrected chi connectivity index (χ2v) is 8.34. The van der Waals surface area contributed by atoms with Gasteiger partial charge in [-0.05, 0) is 56.3 Å². The normalized spacial score (nSPS) is 16.2. The van der Waals surface area contributed by atoms with Crippen molar-refractivity contribution in [3.63, 3.8) is 0 Å². The Balaban J connectivity index is 1.92. The third kappa shape index (κ3) is 3.71. The largest absolute Gasteiger partial charge is 0.493 e. The smallest absolute Gasteiger partial charge is 0.285 e. The van der Waals surface area contributed by atoms with Crippen molar-refractivity contribution in [3.05, 3.63) is 58.3 Å². The molecule has 0 spiro atoms. The van der Waals surface area contributed by atoms with E-state index in [4.69, 9.17) is 17.0 Å². The molecule has 2 aromatic rings. The molecule has 2 heterocycles. The molecule has 3 rings (SSSR count). The average molecular weight is 387 g/mol. The quantitative estimate of drug-likeness (QED) is 0.552. The third-order valence-corrected chi connectivity index (χ3v) is 5.27. The summed E-state index contributed by atoms with van der Waals surface area (Å²) in [5, 5.41) is 1.56. The zero-order valence-corrected chi connectivity index (χ0v) is 17.0. The molecule has 1 aliphatic rings. The molecule has 1 fully saturated rings. The summed E-state index contributed by atoms with van der Waals surface area (Å²) in [4.78, 5) is 13.6. The number of rotatable bonds is 5. The van der Waals surface area contributed by atoms with E-state index in [0.29, 0.717) is 21.8 Å². The van der Waals surface area contributed by atoms with E-state index in [-0.39, 0.29) is 5.91 Å². The number of benzene rings is 1. The monoisotopic (exact) mass is 386 g/mol. The summed E-state index contributed by atoms with van der Waals surface area (Å²) in [6.07, 6.45) is 1.86. The molecule has 26 heavy (non-hydrogen) atoms. The molecule has 136 valence electrons. The third-order valence-electron chi connectivity index (χ3n) is 3.99. The molecule has 1 saturated heterocycles. The van der Waals surface area contributed by atoms with Crippen LogP contribution >= 0.6 is 24.0 Å². The maximum Gasteiger partial charge on any atom is 0.285 e. The molecule has 0 N–H and O–H groups in total. The topological polar surface area (TPSA) is 34.5 Å². The number of carbonyl (C=O) groups is 1. The van der Waals surface area contributed by atoms with Gasteiger partial charge in [0.1, 0.15) is 5.75 Å². The van der Waals surface area contributed by atoms with Crippen molar-refractivity contribution in [2.24, 2.45) is 5.92 Å². The van der Waals surface area contributed by atoms with Gasteiger partial charge in [0.2, 0.25) is 0 Å². The van der Waals surface area contributed by atoms with Crippen LogP contribution in [-0.4, -0.2) is 21.5 Å². The second kappa shape index (κ2) is 7.68. The van der Waals surface area contributed by atoms with Gasteiger partial charge in [-0.15, -0.1) is 0 Å². The highest BCUT2D eigenvalue weighted by molar-refractivity contribution is 8.27. The van der Waals surface area contributed by atoms with Crippen molar-refractivity contribution in [1.29, 1.82) is 0 Å². The first kappa shape index (κ1) is 18.7. The zero-order valence-electron chi connectivity index (χ0n) is 15.4. The van der Waals surface area contributed by atoms with Crippen LogP contribution in [0.3, 0.4) is 0 Å². The number of hydrogen-bond donors (Lipinski definition) is 0. The number of aromatic nitrogens is 1. The number of thiocarbonyl (C=S) groups is 1. The van der Waals surface area contributed by atoms with Gasteiger partial charge < -0.3 is 4.74 Å².